The number of nitro groups is 1. The highest BCUT2D eigenvalue weighted by Crippen LogP contribution is 2.26. The number of halogens is 1. The summed E-state index contributed by atoms with van der Waals surface area (Å²) in [6, 6.07) is 14.2. The monoisotopic (exact) mass is 415 g/mol. The number of nitrogens with one attached hydrogen (secondary N) is 1. The number of rotatable bonds is 9. The summed E-state index contributed by atoms with van der Waals surface area (Å²) in [6.07, 6.45) is 1.02. The maximum atomic E-state index is 10.9. The van der Waals surface area contributed by atoms with E-state index in [0.29, 0.717) is 5.82 Å². The van der Waals surface area contributed by atoms with Gasteiger partial charge in [-0.25, -0.2) is 9.97 Å². The smallest absolute Gasteiger partial charge is 0.269 e. The average molecular weight is 416 g/mol. The summed E-state index contributed by atoms with van der Waals surface area (Å²) >= 11 is 0. The summed E-state index contributed by atoms with van der Waals surface area (Å²) in [6.45, 7) is 8.31. The molecule has 0 radical (unpaired) electrons. The van der Waals surface area contributed by atoms with Crippen LogP contribution in [0, 0.1) is 10.1 Å². The Morgan fingerprint density at radius 3 is 2.38 bits per heavy atom. The molecule has 0 aliphatic heterocycles. The number of hydrogen-bond donors (Lipinski definition) is 1. The summed E-state index contributed by atoms with van der Waals surface area (Å²) in [5.74, 6) is 1.35. The minimum Gasteiger partial charge on any atom is -0.369 e. The van der Waals surface area contributed by atoms with Gasteiger partial charge in [-0.1, -0.05) is 26.0 Å². The van der Waals surface area contributed by atoms with Crippen LogP contribution in [0.5, 0.6) is 0 Å². The van der Waals surface area contributed by atoms with Crippen molar-refractivity contribution in [3.63, 3.8) is 0 Å². The number of fused-ring (bicyclic) bond motifs is 1. The van der Waals surface area contributed by atoms with E-state index in [-0.39, 0.29) is 18.1 Å². The molecule has 0 atom stereocenters. The molecular formula is C21H26ClN5O2. The number of hydrogen-bond acceptors (Lipinski definition) is 6. The van der Waals surface area contributed by atoms with Crippen molar-refractivity contribution in [2.24, 2.45) is 0 Å². The van der Waals surface area contributed by atoms with Crippen LogP contribution in [0.1, 0.15) is 20.3 Å². The van der Waals surface area contributed by atoms with E-state index in [2.05, 4.69) is 29.0 Å². The molecule has 0 saturated heterocycles. The molecule has 0 aliphatic rings. The van der Waals surface area contributed by atoms with Crippen molar-refractivity contribution >= 4 is 34.8 Å². The Hall–Kier alpha value is -2.77. The highest BCUT2D eigenvalue weighted by molar-refractivity contribution is 5.90. The van der Waals surface area contributed by atoms with Crippen molar-refractivity contribution in [2.75, 3.05) is 31.5 Å². The van der Waals surface area contributed by atoms with Crippen LogP contribution in [0.25, 0.3) is 22.3 Å². The fourth-order valence-electron chi connectivity index (χ4n) is 3.12. The minimum absolute atomic E-state index is 0. The minimum atomic E-state index is -0.409. The average Bonchev–Trinajstić information content (AvgIpc) is 2.73. The van der Waals surface area contributed by atoms with Crippen LogP contribution in [0.3, 0.4) is 0 Å². The third kappa shape index (κ3) is 5.62. The number of non-ortho nitro benzene ring substituents is 1. The van der Waals surface area contributed by atoms with Gasteiger partial charge in [0.05, 0.1) is 10.4 Å². The SMILES string of the molecule is CCN(CC)CCCNc1nc(-c2ccc([N+](=O)[O-])cc2)nc2ccccc12.Cl. The Kier molecular flexibility index (Phi) is 8.30. The molecule has 1 heterocycles. The van der Waals surface area contributed by atoms with Gasteiger partial charge in [0.2, 0.25) is 0 Å². The molecule has 1 aromatic heterocycles. The number of benzene rings is 2. The quantitative estimate of drug-likeness (QED) is 0.308. The Bertz CT molecular complexity index is 945. The maximum Gasteiger partial charge on any atom is 0.269 e. The van der Waals surface area contributed by atoms with Crippen molar-refractivity contribution in [3.8, 4) is 11.4 Å². The van der Waals surface area contributed by atoms with E-state index in [0.717, 1.165) is 54.9 Å². The topological polar surface area (TPSA) is 84.2 Å². The normalized spacial score (nSPS) is 10.7. The van der Waals surface area contributed by atoms with Crippen molar-refractivity contribution in [3.05, 3.63) is 58.6 Å². The molecule has 0 amide bonds. The third-order valence-corrected chi connectivity index (χ3v) is 4.78. The largest absolute Gasteiger partial charge is 0.369 e. The number of nitrogens with zero attached hydrogens (tertiary/aromatic N) is 4. The Morgan fingerprint density at radius 1 is 1.03 bits per heavy atom. The fraction of sp³-hybridized carbons (Fsp3) is 0.333. The van der Waals surface area contributed by atoms with Gasteiger partial charge in [-0.3, -0.25) is 10.1 Å². The molecule has 29 heavy (non-hydrogen) atoms. The molecule has 7 nitrogen and oxygen atoms in total. The van der Waals surface area contributed by atoms with E-state index in [4.69, 9.17) is 4.98 Å². The number of para-hydroxylation sites is 1. The maximum absolute atomic E-state index is 10.9. The lowest BCUT2D eigenvalue weighted by Gasteiger charge is -2.18. The zero-order valence-corrected chi connectivity index (χ0v) is 17.5. The molecular weight excluding hydrogens is 390 g/mol. The lowest BCUT2D eigenvalue weighted by atomic mass is 10.1. The first-order chi connectivity index (χ1) is 13.6. The van der Waals surface area contributed by atoms with E-state index in [1.807, 2.05) is 24.3 Å². The molecule has 3 aromatic rings. The Morgan fingerprint density at radius 2 is 1.72 bits per heavy atom. The molecule has 154 valence electrons. The first-order valence-electron chi connectivity index (χ1n) is 9.60. The molecule has 0 bridgehead atoms. The molecule has 0 spiro atoms. The third-order valence-electron chi connectivity index (χ3n) is 4.78. The molecule has 0 aliphatic carbocycles. The number of nitro benzene ring substituents is 1. The van der Waals surface area contributed by atoms with Crippen molar-refractivity contribution in [2.45, 2.75) is 20.3 Å². The molecule has 8 heteroatoms. The van der Waals surface area contributed by atoms with Gasteiger partial charge >= 0.3 is 0 Å². The predicted molar refractivity (Wildman–Crippen MR) is 120 cm³/mol. The Balaban J connectivity index is 0.00000300. The van der Waals surface area contributed by atoms with Gasteiger partial charge in [-0.05, 0) is 50.3 Å². The molecule has 0 fully saturated rings. The van der Waals surface area contributed by atoms with Crippen LogP contribution in [-0.2, 0) is 0 Å². The van der Waals surface area contributed by atoms with Gasteiger partial charge in [0.25, 0.3) is 5.69 Å². The van der Waals surface area contributed by atoms with Gasteiger partial charge in [-0.15, -0.1) is 12.4 Å². The highest BCUT2D eigenvalue weighted by Gasteiger charge is 2.11. The summed E-state index contributed by atoms with van der Waals surface area (Å²) in [7, 11) is 0. The summed E-state index contributed by atoms with van der Waals surface area (Å²) in [5, 5.41) is 15.3. The fourth-order valence-corrected chi connectivity index (χ4v) is 3.12. The molecule has 0 unspecified atom stereocenters. The van der Waals surface area contributed by atoms with Crippen LogP contribution in [0.2, 0.25) is 0 Å². The zero-order chi connectivity index (χ0) is 19.9. The van der Waals surface area contributed by atoms with E-state index < -0.39 is 4.92 Å². The summed E-state index contributed by atoms with van der Waals surface area (Å²) in [5.41, 5.74) is 1.65. The van der Waals surface area contributed by atoms with Crippen molar-refractivity contribution in [1.29, 1.82) is 0 Å². The summed E-state index contributed by atoms with van der Waals surface area (Å²) in [4.78, 5) is 22.2. The van der Waals surface area contributed by atoms with Gasteiger partial charge in [0, 0.05) is 29.6 Å². The van der Waals surface area contributed by atoms with Gasteiger partial charge < -0.3 is 10.2 Å². The van der Waals surface area contributed by atoms with Crippen LogP contribution < -0.4 is 5.32 Å². The van der Waals surface area contributed by atoms with Crippen LogP contribution in [0.15, 0.2) is 48.5 Å². The van der Waals surface area contributed by atoms with Crippen molar-refractivity contribution in [1.82, 2.24) is 14.9 Å². The van der Waals surface area contributed by atoms with Gasteiger partial charge in [0.15, 0.2) is 5.82 Å². The van der Waals surface area contributed by atoms with Crippen LogP contribution in [-0.4, -0.2) is 46.0 Å². The predicted octanol–water partition coefficient (Wildman–Crippen LogP) is 4.77. The molecule has 1 N–H and O–H groups in total. The standard InChI is InChI=1S/C21H25N5O2.ClH/c1-3-25(4-2)15-7-14-22-21-18-8-5-6-9-19(18)23-20(24-21)16-10-12-17(13-11-16)26(27)28;/h5-6,8-13H,3-4,7,14-15H2,1-2H3,(H,22,23,24);1H. The van der Waals surface area contributed by atoms with E-state index in [1.54, 1.807) is 12.1 Å². The van der Waals surface area contributed by atoms with E-state index in [1.165, 1.54) is 12.1 Å². The second-order valence-corrected chi connectivity index (χ2v) is 6.52. The lowest BCUT2D eigenvalue weighted by molar-refractivity contribution is -0.384. The number of aromatic nitrogens is 2. The molecule has 2 aromatic carbocycles. The van der Waals surface area contributed by atoms with Gasteiger partial charge in [0.1, 0.15) is 5.82 Å². The lowest BCUT2D eigenvalue weighted by Crippen LogP contribution is -2.25. The van der Waals surface area contributed by atoms with Gasteiger partial charge in [-0.2, -0.15) is 0 Å². The molecule has 0 saturated carbocycles. The second-order valence-electron chi connectivity index (χ2n) is 6.52. The Labute approximate surface area is 176 Å². The number of anilines is 1. The molecule has 3 rings (SSSR count). The first-order valence-corrected chi connectivity index (χ1v) is 9.60. The van der Waals surface area contributed by atoms with E-state index in [9.17, 15) is 10.1 Å². The van der Waals surface area contributed by atoms with E-state index >= 15 is 0 Å². The van der Waals surface area contributed by atoms with Crippen molar-refractivity contribution < 1.29 is 4.92 Å². The first kappa shape index (κ1) is 22.5. The summed E-state index contributed by atoms with van der Waals surface area (Å²) < 4.78 is 0. The zero-order valence-electron chi connectivity index (χ0n) is 16.7. The van der Waals surface area contributed by atoms with Crippen LogP contribution in [0.4, 0.5) is 11.5 Å². The van der Waals surface area contributed by atoms with Crippen LogP contribution >= 0.6 is 12.4 Å². The highest BCUT2D eigenvalue weighted by atomic mass is 35.5. The second kappa shape index (κ2) is 10.7.